The van der Waals surface area contributed by atoms with E-state index in [4.69, 9.17) is 9.47 Å². The van der Waals surface area contributed by atoms with Crippen LogP contribution in [0.5, 0.6) is 0 Å². The number of nitrogens with zero attached hydrogens (tertiary/aromatic N) is 1. The number of esters is 2. The molecule has 0 saturated carbocycles. The number of rotatable bonds is 17. The summed E-state index contributed by atoms with van der Waals surface area (Å²) in [5.41, 5.74) is 0.976. The van der Waals surface area contributed by atoms with E-state index < -0.39 is 5.97 Å². The fraction of sp³-hybridized carbons (Fsp3) is 0.625. The molecule has 0 radical (unpaired) electrons. The molecule has 0 N–H and O–H groups in total. The predicted octanol–water partition coefficient (Wildman–Crippen LogP) is 5.62. The highest BCUT2D eigenvalue weighted by molar-refractivity contribution is 7.99. The minimum absolute atomic E-state index is 0.0835. The number of hydrogen-bond acceptors (Lipinski definition) is 6. The van der Waals surface area contributed by atoms with E-state index in [1.165, 1.54) is 37.0 Å². The number of unbranched alkanes of at least 4 members (excludes halogenated alkanes) is 7. The number of ether oxygens (including phenoxy) is 2. The molecule has 1 aromatic rings. The molecule has 7 heteroatoms. The van der Waals surface area contributed by atoms with Gasteiger partial charge in [-0.15, -0.1) is 11.8 Å². The first kappa shape index (κ1) is 27.0. The summed E-state index contributed by atoms with van der Waals surface area (Å²) < 4.78 is 10.1. The van der Waals surface area contributed by atoms with E-state index in [-0.39, 0.29) is 5.97 Å². The molecule has 0 aliphatic rings. The fourth-order valence-electron chi connectivity index (χ4n) is 3.20. The molecular formula is C24H37NO5S. The Morgan fingerprint density at radius 2 is 1.55 bits per heavy atom. The van der Waals surface area contributed by atoms with Crippen LogP contribution in [0.1, 0.15) is 82.0 Å². The third-order valence-corrected chi connectivity index (χ3v) is 5.93. The van der Waals surface area contributed by atoms with Crippen LogP contribution >= 0.6 is 11.8 Å². The van der Waals surface area contributed by atoms with Gasteiger partial charge in [-0.25, -0.2) is 4.79 Å². The highest BCUT2D eigenvalue weighted by atomic mass is 32.2. The molecule has 0 unspecified atom stereocenters. The van der Waals surface area contributed by atoms with Gasteiger partial charge in [-0.2, -0.15) is 0 Å². The summed E-state index contributed by atoms with van der Waals surface area (Å²) in [6.45, 7) is 4.36. The second kappa shape index (κ2) is 16.6. The minimum Gasteiger partial charge on any atom is -0.466 e. The van der Waals surface area contributed by atoms with Crippen LogP contribution in [0.3, 0.4) is 0 Å². The Balaban J connectivity index is 2.24. The maximum Gasteiger partial charge on any atom is 0.340 e. The molecule has 0 spiro atoms. The summed E-state index contributed by atoms with van der Waals surface area (Å²) in [6.07, 6.45) is 10.4. The van der Waals surface area contributed by atoms with Crippen LogP contribution in [0.2, 0.25) is 0 Å². The maximum atomic E-state index is 12.2. The lowest BCUT2D eigenvalue weighted by atomic mass is 10.1. The Bertz CT molecular complexity index is 680. The molecule has 0 fully saturated rings. The summed E-state index contributed by atoms with van der Waals surface area (Å²) >= 11 is 1.72. The number of benzene rings is 1. The predicted molar refractivity (Wildman–Crippen MR) is 126 cm³/mol. The van der Waals surface area contributed by atoms with Crippen molar-refractivity contribution < 1.29 is 23.9 Å². The van der Waals surface area contributed by atoms with Gasteiger partial charge in [0.1, 0.15) is 0 Å². The number of amides is 1. The first-order valence-electron chi connectivity index (χ1n) is 11.3. The summed E-state index contributed by atoms with van der Waals surface area (Å²) in [4.78, 5) is 37.0. The zero-order chi connectivity index (χ0) is 22.9. The van der Waals surface area contributed by atoms with Crippen molar-refractivity contribution in [1.29, 1.82) is 0 Å². The number of anilines is 1. The number of thioether (sulfide) groups is 1. The molecule has 6 nitrogen and oxygen atoms in total. The molecule has 0 aromatic heterocycles. The van der Waals surface area contributed by atoms with Gasteiger partial charge in [-0.1, -0.05) is 38.5 Å². The average molecular weight is 452 g/mol. The van der Waals surface area contributed by atoms with Gasteiger partial charge in [0.15, 0.2) is 0 Å². The smallest absolute Gasteiger partial charge is 0.340 e. The topological polar surface area (TPSA) is 72.9 Å². The summed E-state index contributed by atoms with van der Waals surface area (Å²) in [5, 5.41) is 0. The highest BCUT2D eigenvalue weighted by Gasteiger charge is 2.16. The first-order chi connectivity index (χ1) is 15.0. The fourth-order valence-corrected chi connectivity index (χ4v) is 4.15. The SMILES string of the molecule is CCOC(=O)CCCCCCCCCCSc1ccc(N(C)C=O)c(C(=O)OCC)c1. The Kier molecular flexibility index (Phi) is 14.5. The lowest BCUT2D eigenvalue weighted by Crippen LogP contribution is -2.18. The lowest BCUT2D eigenvalue weighted by molar-refractivity contribution is -0.143. The molecule has 31 heavy (non-hydrogen) atoms. The molecule has 0 heterocycles. The van der Waals surface area contributed by atoms with Crippen molar-refractivity contribution in [3.63, 3.8) is 0 Å². The normalized spacial score (nSPS) is 10.5. The van der Waals surface area contributed by atoms with Crippen LogP contribution in [0.25, 0.3) is 0 Å². The van der Waals surface area contributed by atoms with Gasteiger partial charge in [-0.05, 0) is 50.6 Å². The Morgan fingerprint density at radius 1 is 0.935 bits per heavy atom. The van der Waals surface area contributed by atoms with E-state index >= 15 is 0 Å². The number of hydrogen-bond donors (Lipinski definition) is 0. The third-order valence-electron chi connectivity index (χ3n) is 4.85. The zero-order valence-corrected chi connectivity index (χ0v) is 20.0. The van der Waals surface area contributed by atoms with Crippen LogP contribution in [0, 0.1) is 0 Å². The monoisotopic (exact) mass is 451 g/mol. The molecule has 1 rings (SSSR count). The maximum absolute atomic E-state index is 12.2. The van der Waals surface area contributed by atoms with Crippen molar-refractivity contribution in [2.75, 3.05) is 30.9 Å². The lowest BCUT2D eigenvalue weighted by Gasteiger charge is -2.16. The largest absolute Gasteiger partial charge is 0.466 e. The Morgan fingerprint density at radius 3 is 2.16 bits per heavy atom. The van der Waals surface area contributed by atoms with Gasteiger partial charge in [0.2, 0.25) is 6.41 Å². The van der Waals surface area contributed by atoms with Crippen LogP contribution < -0.4 is 4.90 Å². The van der Waals surface area contributed by atoms with E-state index in [0.717, 1.165) is 29.9 Å². The second-order valence-electron chi connectivity index (χ2n) is 7.35. The summed E-state index contributed by atoms with van der Waals surface area (Å²) in [5.74, 6) is 0.501. The zero-order valence-electron chi connectivity index (χ0n) is 19.2. The number of carbonyl (C=O) groups excluding carboxylic acids is 3. The third kappa shape index (κ3) is 11.2. The van der Waals surface area contributed by atoms with Gasteiger partial charge in [-0.3, -0.25) is 9.59 Å². The van der Waals surface area contributed by atoms with Crippen LogP contribution in [0.15, 0.2) is 23.1 Å². The van der Waals surface area contributed by atoms with E-state index in [9.17, 15) is 14.4 Å². The van der Waals surface area contributed by atoms with Crippen LogP contribution in [0.4, 0.5) is 5.69 Å². The summed E-state index contributed by atoms with van der Waals surface area (Å²) in [7, 11) is 1.62. The van der Waals surface area contributed by atoms with Crippen LogP contribution in [-0.4, -0.2) is 44.4 Å². The first-order valence-corrected chi connectivity index (χ1v) is 12.3. The quantitative estimate of drug-likeness (QED) is 0.132. The Hall–Kier alpha value is -2.02. The number of carbonyl (C=O) groups is 3. The standard InChI is InChI=1S/C24H37NO5S/c1-4-29-23(27)14-12-10-8-6-7-9-11-13-17-31-20-15-16-22(25(3)19-26)21(18-20)24(28)30-5-2/h15-16,18-19H,4-14,17H2,1-3H3. The average Bonchev–Trinajstić information content (AvgIpc) is 2.77. The highest BCUT2D eigenvalue weighted by Crippen LogP contribution is 2.28. The molecule has 0 aliphatic carbocycles. The molecule has 0 atom stereocenters. The van der Waals surface area contributed by atoms with E-state index in [1.807, 2.05) is 19.1 Å². The summed E-state index contributed by atoms with van der Waals surface area (Å²) in [6, 6.07) is 5.55. The van der Waals surface area contributed by atoms with Crippen LogP contribution in [-0.2, 0) is 19.1 Å². The second-order valence-corrected chi connectivity index (χ2v) is 8.52. The molecule has 0 aliphatic heterocycles. The molecule has 0 saturated heterocycles. The van der Waals surface area contributed by atoms with Gasteiger partial charge < -0.3 is 14.4 Å². The molecule has 0 bridgehead atoms. The van der Waals surface area contributed by atoms with Crippen molar-refractivity contribution >= 4 is 35.8 Å². The van der Waals surface area contributed by atoms with Crippen molar-refractivity contribution in [3.8, 4) is 0 Å². The molecular weight excluding hydrogens is 414 g/mol. The molecule has 1 aromatic carbocycles. The molecule has 1 amide bonds. The van der Waals surface area contributed by atoms with Crippen molar-refractivity contribution in [2.45, 2.75) is 76.5 Å². The van der Waals surface area contributed by atoms with Gasteiger partial charge >= 0.3 is 11.9 Å². The van der Waals surface area contributed by atoms with Gasteiger partial charge in [0, 0.05) is 18.4 Å². The minimum atomic E-state index is -0.407. The van der Waals surface area contributed by atoms with E-state index in [0.29, 0.717) is 37.3 Å². The van der Waals surface area contributed by atoms with Crippen molar-refractivity contribution in [3.05, 3.63) is 23.8 Å². The van der Waals surface area contributed by atoms with E-state index in [2.05, 4.69) is 0 Å². The van der Waals surface area contributed by atoms with E-state index in [1.54, 1.807) is 31.8 Å². The van der Waals surface area contributed by atoms with Crippen molar-refractivity contribution in [2.24, 2.45) is 0 Å². The Labute approximate surface area is 191 Å². The van der Waals surface area contributed by atoms with Gasteiger partial charge in [0.25, 0.3) is 0 Å². The van der Waals surface area contributed by atoms with Gasteiger partial charge in [0.05, 0.1) is 24.5 Å². The van der Waals surface area contributed by atoms with Crippen molar-refractivity contribution in [1.82, 2.24) is 0 Å². The molecule has 174 valence electrons.